The van der Waals surface area contributed by atoms with Crippen LogP contribution in [0.15, 0.2) is 22.5 Å². The third kappa shape index (κ3) is 6.97. The van der Waals surface area contributed by atoms with Crippen molar-refractivity contribution in [3.05, 3.63) is 22.4 Å². The fraction of sp³-hybridized carbons (Fsp3) is 0.706. The monoisotopic (exact) mass is 450 g/mol. The number of nitrogens with one attached hydrogen (secondary N) is 1. The number of rotatable bonds is 6. The van der Waals surface area contributed by atoms with E-state index < -0.39 is 0 Å². The van der Waals surface area contributed by atoms with Crippen molar-refractivity contribution in [2.24, 2.45) is 22.6 Å². The van der Waals surface area contributed by atoms with Crippen molar-refractivity contribution in [1.29, 1.82) is 0 Å². The van der Waals surface area contributed by atoms with Crippen molar-refractivity contribution >= 4 is 41.3 Å². The average Bonchev–Trinajstić information content (AvgIpc) is 3.01. The molecule has 1 aromatic rings. The summed E-state index contributed by atoms with van der Waals surface area (Å²) >= 11 is 1.83. The van der Waals surface area contributed by atoms with Crippen LogP contribution in [0.3, 0.4) is 0 Å². The van der Waals surface area contributed by atoms with Crippen LogP contribution >= 0.6 is 35.3 Å². The maximum absolute atomic E-state index is 6.00. The summed E-state index contributed by atoms with van der Waals surface area (Å²) in [6, 6.07) is 4.77. The molecule has 6 heteroatoms. The van der Waals surface area contributed by atoms with E-state index in [0.29, 0.717) is 17.9 Å². The molecule has 1 fully saturated rings. The zero-order chi connectivity index (χ0) is 15.9. The number of guanidine groups is 1. The van der Waals surface area contributed by atoms with Gasteiger partial charge in [0.15, 0.2) is 5.96 Å². The minimum Gasteiger partial charge on any atom is -0.370 e. The van der Waals surface area contributed by atoms with Crippen molar-refractivity contribution in [3.63, 3.8) is 0 Å². The van der Waals surface area contributed by atoms with Gasteiger partial charge in [0.05, 0.1) is 6.04 Å². The van der Waals surface area contributed by atoms with Crippen LogP contribution in [-0.4, -0.2) is 37.0 Å². The minimum absolute atomic E-state index is 0. The number of thiophene rings is 1. The molecule has 2 rings (SSSR count). The number of nitrogens with zero attached hydrogens (tertiary/aromatic N) is 2. The molecule has 0 aliphatic carbocycles. The molecule has 0 radical (unpaired) electrons. The number of aliphatic imine (C=N–C) groups is 1. The van der Waals surface area contributed by atoms with Crippen molar-refractivity contribution in [2.45, 2.75) is 39.7 Å². The zero-order valence-electron chi connectivity index (χ0n) is 14.5. The Kier molecular flexibility index (Phi) is 9.46. The Morgan fingerprint density at radius 3 is 2.70 bits per heavy atom. The number of hydrogen-bond donors (Lipinski definition) is 2. The van der Waals surface area contributed by atoms with Crippen LogP contribution in [-0.2, 0) is 0 Å². The van der Waals surface area contributed by atoms with E-state index in [9.17, 15) is 0 Å². The van der Waals surface area contributed by atoms with Gasteiger partial charge in [0.25, 0.3) is 0 Å². The van der Waals surface area contributed by atoms with Crippen molar-refractivity contribution in [3.8, 4) is 0 Å². The van der Waals surface area contributed by atoms with Gasteiger partial charge in [0, 0.05) is 18.0 Å². The number of nitrogens with two attached hydrogens (primary N) is 1. The SMILES string of the molecule is CC(C)CN=C(N)NCC(c1cccs1)N1CCC(C)CC1.I. The molecule has 2 heterocycles. The van der Waals surface area contributed by atoms with E-state index >= 15 is 0 Å². The molecule has 1 aliphatic heterocycles. The second kappa shape index (κ2) is 10.5. The topological polar surface area (TPSA) is 53.6 Å². The highest BCUT2D eigenvalue weighted by Crippen LogP contribution is 2.28. The molecule has 23 heavy (non-hydrogen) atoms. The second-order valence-electron chi connectivity index (χ2n) is 6.75. The molecule has 0 amide bonds. The summed E-state index contributed by atoms with van der Waals surface area (Å²) in [5.41, 5.74) is 6.00. The van der Waals surface area contributed by atoms with Gasteiger partial charge in [-0.2, -0.15) is 0 Å². The molecule has 0 spiro atoms. The van der Waals surface area contributed by atoms with E-state index in [1.165, 1.54) is 30.8 Å². The van der Waals surface area contributed by atoms with Gasteiger partial charge in [0.2, 0.25) is 0 Å². The fourth-order valence-corrected chi connectivity index (χ4v) is 3.63. The summed E-state index contributed by atoms with van der Waals surface area (Å²) in [4.78, 5) is 8.41. The summed E-state index contributed by atoms with van der Waals surface area (Å²) < 4.78 is 0. The maximum atomic E-state index is 6.00. The molecule has 1 aliphatic rings. The summed E-state index contributed by atoms with van der Waals surface area (Å²) in [7, 11) is 0. The largest absolute Gasteiger partial charge is 0.370 e. The Bertz CT molecular complexity index is 453. The quantitative estimate of drug-likeness (QED) is 0.395. The van der Waals surface area contributed by atoms with Crippen molar-refractivity contribution in [2.75, 3.05) is 26.2 Å². The highest BCUT2D eigenvalue weighted by molar-refractivity contribution is 14.0. The molecule has 1 unspecified atom stereocenters. The van der Waals surface area contributed by atoms with Gasteiger partial charge >= 0.3 is 0 Å². The molecule has 0 aromatic carbocycles. The standard InChI is InChI=1S/C17H30N4S.HI/c1-13(2)11-19-17(18)20-12-15(16-5-4-10-22-16)21-8-6-14(3)7-9-21;/h4-5,10,13-15H,6-9,11-12H2,1-3H3,(H3,18,19,20);1H. The normalized spacial score (nSPS) is 18.7. The molecule has 132 valence electrons. The number of halogens is 1. The van der Waals surface area contributed by atoms with Crippen LogP contribution in [0.1, 0.15) is 44.5 Å². The first-order valence-corrected chi connectivity index (χ1v) is 9.25. The van der Waals surface area contributed by atoms with Gasteiger partial charge < -0.3 is 11.1 Å². The van der Waals surface area contributed by atoms with Crippen LogP contribution in [0.5, 0.6) is 0 Å². The lowest BCUT2D eigenvalue weighted by molar-refractivity contribution is 0.140. The van der Waals surface area contributed by atoms with Crippen LogP contribution in [0, 0.1) is 11.8 Å². The van der Waals surface area contributed by atoms with Gasteiger partial charge in [-0.25, -0.2) is 0 Å². The molecule has 0 bridgehead atoms. The van der Waals surface area contributed by atoms with E-state index in [4.69, 9.17) is 5.73 Å². The highest BCUT2D eigenvalue weighted by atomic mass is 127. The molecular formula is C17H31IN4S. The van der Waals surface area contributed by atoms with Crippen molar-refractivity contribution in [1.82, 2.24) is 10.2 Å². The lowest BCUT2D eigenvalue weighted by Gasteiger charge is -2.36. The first kappa shape index (κ1) is 20.7. The average molecular weight is 450 g/mol. The van der Waals surface area contributed by atoms with Crippen molar-refractivity contribution < 1.29 is 0 Å². The third-order valence-corrected chi connectivity index (χ3v) is 5.21. The Hall–Kier alpha value is -0.340. The number of likely N-dealkylation sites (tertiary alicyclic amines) is 1. The van der Waals surface area contributed by atoms with Gasteiger partial charge in [-0.05, 0) is 49.2 Å². The lowest BCUT2D eigenvalue weighted by Crippen LogP contribution is -2.43. The second-order valence-corrected chi connectivity index (χ2v) is 7.73. The van der Waals surface area contributed by atoms with Crippen LogP contribution < -0.4 is 11.1 Å². The van der Waals surface area contributed by atoms with E-state index in [1.807, 2.05) is 11.3 Å². The predicted molar refractivity (Wildman–Crippen MR) is 112 cm³/mol. The van der Waals surface area contributed by atoms with E-state index in [1.54, 1.807) is 0 Å². The molecule has 0 saturated carbocycles. The van der Waals surface area contributed by atoms with E-state index in [2.05, 4.69) is 53.5 Å². The van der Waals surface area contributed by atoms with Gasteiger partial charge in [-0.15, -0.1) is 35.3 Å². The first-order valence-electron chi connectivity index (χ1n) is 8.37. The lowest BCUT2D eigenvalue weighted by atomic mass is 9.97. The van der Waals surface area contributed by atoms with Crippen LogP contribution in [0.4, 0.5) is 0 Å². The molecule has 1 atom stereocenters. The zero-order valence-corrected chi connectivity index (χ0v) is 17.6. The number of piperidine rings is 1. The number of hydrogen-bond acceptors (Lipinski definition) is 3. The van der Waals surface area contributed by atoms with Gasteiger partial charge in [0.1, 0.15) is 0 Å². The predicted octanol–water partition coefficient (Wildman–Crippen LogP) is 3.70. The third-order valence-electron chi connectivity index (χ3n) is 4.23. The summed E-state index contributed by atoms with van der Waals surface area (Å²) in [6.45, 7) is 10.6. The highest BCUT2D eigenvalue weighted by Gasteiger charge is 2.25. The summed E-state index contributed by atoms with van der Waals surface area (Å²) in [5.74, 6) is 1.96. The molecule has 1 saturated heterocycles. The fourth-order valence-electron chi connectivity index (χ4n) is 2.77. The minimum atomic E-state index is 0. The summed E-state index contributed by atoms with van der Waals surface area (Å²) in [6.07, 6.45) is 2.58. The maximum Gasteiger partial charge on any atom is 0.188 e. The van der Waals surface area contributed by atoms with Crippen LogP contribution in [0.25, 0.3) is 0 Å². The first-order chi connectivity index (χ1) is 10.6. The molecule has 1 aromatic heterocycles. The van der Waals surface area contributed by atoms with E-state index in [0.717, 1.165) is 19.0 Å². The Balaban J connectivity index is 0.00000264. The Labute approximate surface area is 161 Å². The molecule has 3 N–H and O–H groups in total. The van der Waals surface area contributed by atoms with Crippen LogP contribution in [0.2, 0.25) is 0 Å². The van der Waals surface area contributed by atoms with Gasteiger partial charge in [-0.3, -0.25) is 9.89 Å². The Morgan fingerprint density at radius 2 is 2.13 bits per heavy atom. The van der Waals surface area contributed by atoms with Gasteiger partial charge in [-0.1, -0.05) is 26.8 Å². The molecular weight excluding hydrogens is 419 g/mol. The Morgan fingerprint density at radius 1 is 1.43 bits per heavy atom. The molecule has 4 nitrogen and oxygen atoms in total. The van der Waals surface area contributed by atoms with E-state index in [-0.39, 0.29) is 24.0 Å². The summed E-state index contributed by atoms with van der Waals surface area (Å²) in [5, 5.41) is 5.49. The smallest absolute Gasteiger partial charge is 0.188 e.